The molecule has 1 N–H and O–H groups in total. The molecule has 3 aromatic rings. The fourth-order valence-electron chi connectivity index (χ4n) is 3.61. The molecule has 1 amide bonds. The molecule has 0 spiro atoms. The molecule has 1 aromatic carbocycles. The SMILES string of the molecule is CCc1ccccc1NC(=O)c1cc(N2CCN(c3ccccn3)CC2)ccn1. The van der Waals surface area contributed by atoms with Crippen LogP contribution in [0.2, 0.25) is 0 Å². The molecule has 2 aromatic heterocycles. The van der Waals surface area contributed by atoms with Crippen molar-refractivity contribution in [2.24, 2.45) is 0 Å². The van der Waals surface area contributed by atoms with Crippen LogP contribution in [0.1, 0.15) is 23.0 Å². The molecule has 1 fully saturated rings. The van der Waals surface area contributed by atoms with Crippen LogP contribution in [0.4, 0.5) is 17.2 Å². The predicted octanol–water partition coefficient (Wildman–Crippen LogP) is 3.62. The first-order valence-electron chi connectivity index (χ1n) is 10.0. The van der Waals surface area contributed by atoms with Gasteiger partial charge in [-0.05, 0) is 42.3 Å². The number of piperazine rings is 1. The normalized spacial score (nSPS) is 14.0. The highest BCUT2D eigenvalue weighted by Crippen LogP contribution is 2.21. The third kappa shape index (κ3) is 4.37. The second-order valence-corrected chi connectivity index (χ2v) is 7.03. The number of nitrogens with zero attached hydrogens (tertiary/aromatic N) is 4. The number of hydrogen-bond donors (Lipinski definition) is 1. The Labute approximate surface area is 171 Å². The number of amides is 1. The summed E-state index contributed by atoms with van der Waals surface area (Å²) in [5.74, 6) is 0.830. The number of benzene rings is 1. The van der Waals surface area contributed by atoms with Crippen molar-refractivity contribution in [3.8, 4) is 0 Å². The van der Waals surface area contributed by atoms with Gasteiger partial charge in [-0.2, -0.15) is 0 Å². The molecule has 4 rings (SSSR count). The maximum atomic E-state index is 12.7. The smallest absolute Gasteiger partial charge is 0.274 e. The van der Waals surface area contributed by atoms with Gasteiger partial charge in [0, 0.05) is 49.9 Å². The van der Waals surface area contributed by atoms with Crippen LogP contribution in [-0.4, -0.2) is 42.1 Å². The van der Waals surface area contributed by atoms with E-state index >= 15 is 0 Å². The molecule has 0 atom stereocenters. The van der Waals surface area contributed by atoms with Crippen LogP contribution in [-0.2, 0) is 6.42 Å². The Morgan fingerprint density at radius 2 is 1.69 bits per heavy atom. The summed E-state index contributed by atoms with van der Waals surface area (Å²) < 4.78 is 0. The van der Waals surface area contributed by atoms with E-state index < -0.39 is 0 Å². The Bertz CT molecular complexity index is 968. The zero-order valence-electron chi connectivity index (χ0n) is 16.6. The Morgan fingerprint density at radius 3 is 2.45 bits per heavy atom. The quantitative estimate of drug-likeness (QED) is 0.725. The van der Waals surface area contributed by atoms with E-state index in [1.54, 1.807) is 6.20 Å². The van der Waals surface area contributed by atoms with Gasteiger partial charge >= 0.3 is 0 Å². The standard InChI is InChI=1S/C23H25N5O/c1-2-18-7-3-4-8-20(18)26-23(29)21-17-19(10-12-24-21)27-13-15-28(16-14-27)22-9-5-6-11-25-22/h3-12,17H,2,13-16H2,1H3,(H,26,29). The van der Waals surface area contributed by atoms with Crippen LogP contribution in [0, 0.1) is 0 Å². The van der Waals surface area contributed by atoms with Crippen LogP contribution < -0.4 is 15.1 Å². The third-order valence-electron chi connectivity index (χ3n) is 5.24. The van der Waals surface area contributed by atoms with Gasteiger partial charge in [-0.1, -0.05) is 31.2 Å². The first-order valence-corrected chi connectivity index (χ1v) is 10.0. The van der Waals surface area contributed by atoms with Gasteiger partial charge in [0.1, 0.15) is 11.5 Å². The molecular weight excluding hydrogens is 362 g/mol. The second kappa shape index (κ2) is 8.73. The molecule has 29 heavy (non-hydrogen) atoms. The maximum Gasteiger partial charge on any atom is 0.274 e. The number of pyridine rings is 2. The Kier molecular flexibility index (Phi) is 5.70. The van der Waals surface area contributed by atoms with Crippen molar-refractivity contribution in [3.63, 3.8) is 0 Å². The molecule has 3 heterocycles. The van der Waals surface area contributed by atoms with E-state index in [4.69, 9.17) is 0 Å². The van der Waals surface area contributed by atoms with E-state index in [0.29, 0.717) is 5.69 Å². The van der Waals surface area contributed by atoms with Crippen molar-refractivity contribution in [1.29, 1.82) is 0 Å². The summed E-state index contributed by atoms with van der Waals surface area (Å²) in [6.45, 7) is 5.62. The van der Waals surface area contributed by atoms with Gasteiger partial charge in [0.2, 0.25) is 0 Å². The average molecular weight is 387 g/mol. The van der Waals surface area contributed by atoms with Crippen LogP contribution in [0.15, 0.2) is 67.0 Å². The minimum absolute atomic E-state index is 0.181. The van der Waals surface area contributed by atoms with E-state index in [9.17, 15) is 4.79 Å². The fourth-order valence-corrected chi connectivity index (χ4v) is 3.61. The first-order chi connectivity index (χ1) is 14.2. The molecule has 0 saturated carbocycles. The van der Waals surface area contributed by atoms with E-state index in [2.05, 4.69) is 32.0 Å². The number of carbonyl (C=O) groups is 1. The lowest BCUT2D eigenvalue weighted by molar-refractivity contribution is 0.102. The van der Waals surface area contributed by atoms with E-state index in [1.807, 2.05) is 60.8 Å². The van der Waals surface area contributed by atoms with Gasteiger partial charge in [-0.15, -0.1) is 0 Å². The third-order valence-corrected chi connectivity index (χ3v) is 5.24. The van der Waals surface area contributed by atoms with Crippen LogP contribution in [0.3, 0.4) is 0 Å². The number of nitrogens with one attached hydrogen (secondary N) is 1. The van der Waals surface area contributed by atoms with Crippen LogP contribution in [0.25, 0.3) is 0 Å². The van der Waals surface area contributed by atoms with Crippen LogP contribution in [0.5, 0.6) is 0 Å². The predicted molar refractivity (Wildman–Crippen MR) is 117 cm³/mol. The van der Waals surface area contributed by atoms with E-state index in [0.717, 1.165) is 55.4 Å². The van der Waals surface area contributed by atoms with Crippen molar-refractivity contribution < 1.29 is 4.79 Å². The molecule has 1 saturated heterocycles. The monoisotopic (exact) mass is 387 g/mol. The molecule has 0 radical (unpaired) electrons. The number of para-hydroxylation sites is 1. The first kappa shape index (κ1) is 18.9. The zero-order valence-corrected chi connectivity index (χ0v) is 16.6. The number of aromatic nitrogens is 2. The molecule has 6 heteroatoms. The highest BCUT2D eigenvalue weighted by atomic mass is 16.1. The van der Waals surface area contributed by atoms with Gasteiger partial charge in [-0.25, -0.2) is 4.98 Å². The van der Waals surface area contributed by atoms with Crippen molar-refractivity contribution >= 4 is 23.1 Å². The molecule has 1 aliphatic heterocycles. The summed E-state index contributed by atoms with van der Waals surface area (Å²) in [6.07, 6.45) is 4.40. The van der Waals surface area contributed by atoms with Gasteiger partial charge in [0.15, 0.2) is 0 Å². The Balaban J connectivity index is 1.43. The molecule has 148 valence electrons. The zero-order chi connectivity index (χ0) is 20.1. The van der Waals surface area contributed by atoms with Gasteiger partial charge in [-0.3, -0.25) is 9.78 Å². The molecular formula is C23H25N5O. The second-order valence-electron chi connectivity index (χ2n) is 7.03. The van der Waals surface area contributed by atoms with Gasteiger partial charge in [0.25, 0.3) is 5.91 Å². The number of anilines is 3. The number of hydrogen-bond acceptors (Lipinski definition) is 5. The minimum Gasteiger partial charge on any atom is -0.368 e. The highest BCUT2D eigenvalue weighted by Gasteiger charge is 2.19. The van der Waals surface area contributed by atoms with Gasteiger partial charge in [0.05, 0.1) is 0 Å². The minimum atomic E-state index is -0.181. The lowest BCUT2D eigenvalue weighted by atomic mass is 10.1. The van der Waals surface area contributed by atoms with Crippen molar-refractivity contribution in [2.45, 2.75) is 13.3 Å². The Morgan fingerprint density at radius 1 is 0.931 bits per heavy atom. The average Bonchev–Trinajstić information content (AvgIpc) is 2.80. The summed E-state index contributed by atoms with van der Waals surface area (Å²) in [6, 6.07) is 17.7. The summed E-state index contributed by atoms with van der Waals surface area (Å²) in [4.78, 5) is 26.0. The van der Waals surface area contributed by atoms with Crippen molar-refractivity contribution in [3.05, 3.63) is 78.2 Å². The molecule has 0 bridgehead atoms. The van der Waals surface area contributed by atoms with Crippen molar-refractivity contribution in [1.82, 2.24) is 9.97 Å². The number of carbonyl (C=O) groups excluding carboxylic acids is 1. The van der Waals surface area contributed by atoms with Crippen LogP contribution >= 0.6 is 0 Å². The Hall–Kier alpha value is -3.41. The molecule has 6 nitrogen and oxygen atoms in total. The van der Waals surface area contributed by atoms with E-state index in [1.165, 1.54) is 0 Å². The lowest BCUT2D eigenvalue weighted by Crippen LogP contribution is -2.46. The molecule has 0 unspecified atom stereocenters. The van der Waals surface area contributed by atoms with Gasteiger partial charge < -0.3 is 15.1 Å². The summed E-state index contributed by atoms with van der Waals surface area (Å²) in [5.41, 5.74) is 3.41. The topological polar surface area (TPSA) is 61.4 Å². The van der Waals surface area contributed by atoms with E-state index in [-0.39, 0.29) is 5.91 Å². The summed E-state index contributed by atoms with van der Waals surface area (Å²) in [5, 5.41) is 3.00. The summed E-state index contributed by atoms with van der Waals surface area (Å²) >= 11 is 0. The molecule has 1 aliphatic rings. The fraction of sp³-hybridized carbons (Fsp3) is 0.261. The number of rotatable bonds is 5. The highest BCUT2D eigenvalue weighted by molar-refractivity contribution is 6.03. The van der Waals surface area contributed by atoms with Crippen molar-refractivity contribution in [2.75, 3.05) is 41.3 Å². The molecule has 0 aliphatic carbocycles. The number of aryl methyl sites for hydroxylation is 1. The largest absolute Gasteiger partial charge is 0.368 e. The maximum absolute atomic E-state index is 12.7. The lowest BCUT2D eigenvalue weighted by Gasteiger charge is -2.36. The summed E-state index contributed by atoms with van der Waals surface area (Å²) in [7, 11) is 0.